The summed E-state index contributed by atoms with van der Waals surface area (Å²) in [5.74, 6) is -5.36. The van der Waals surface area contributed by atoms with E-state index in [1.165, 1.54) is 0 Å². The Labute approximate surface area is 172 Å². The lowest BCUT2D eigenvalue weighted by molar-refractivity contribution is -0.149. The van der Waals surface area contributed by atoms with E-state index < -0.39 is 66.7 Å². The summed E-state index contributed by atoms with van der Waals surface area (Å²) >= 11 is 0. The molecule has 3 unspecified atom stereocenters. The zero-order chi connectivity index (χ0) is 22.8. The van der Waals surface area contributed by atoms with Gasteiger partial charge in [-0.3, -0.25) is 24.0 Å². The number of carbonyl (C=O) groups is 6. The van der Waals surface area contributed by atoms with Crippen LogP contribution in [0.3, 0.4) is 0 Å². The first-order valence-corrected chi connectivity index (χ1v) is 9.40. The highest BCUT2D eigenvalue weighted by atomic mass is 16.4. The van der Waals surface area contributed by atoms with Crippen LogP contribution in [0, 0.1) is 0 Å². The molecule has 1 heterocycles. The zero-order valence-corrected chi connectivity index (χ0v) is 16.3. The summed E-state index contributed by atoms with van der Waals surface area (Å²) < 4.78 is 0. The van der Waals surface area contributed by atoms with Crippen LogP contribution in [0.25, 0.3) is 0 Å². The SMILES string of the molecule is NCC(=O)NC(CCC(=O)O)C(=O)NC(CCC(N)=O)C(=O)N1CCCC1C(=O)O. The normalized spacial score (nSPS) is 17.6. The Morgan fingerprint density at radius 2 is 1.63 bits per heavy atom. The van der Waals surface area contributed by atoms with Crippen LogP contribution >= 0.6 is 0 Å². The number of rotatable bonds is 12. The summed E-state index contributed by atoms with van der Waals surface area (Å²) in [6, 6.07) is -3.60. The van der Waals surface area contributed by atoms with Crippen molar-refractivity contribution in [1.82, 2.24) is 15.5 Å². The fourth-order valence-electron chi connectivity index (χ4n) is 3.09. The number of carboxylic acids is 2. The molecule has 1 aliphatic heterocycles. The van der Waals surface area contributed by atoms with Crippen molar-refractivity contribution in [2.45, 2.75) is 56.7 Å². The fraction of sp³-hybridized carbons (Fsp3) is 0.647. The van der Waals surface area contributed by atoms with Crippen LogP contribution in [-0.4, -0.2) is 81.9 Å². The highest BCUT2D eigenvalue weighted by Crippen LogP contribution is 2.19. The number of hydrogen-bond acceptors (Lipinski definition) is 7. The van der Waals surface area contributed by atoms with Crippen molar-refractivity contribution >= 4 is 35.6 Å². The van der Waals surface area contributed by atoms with E-state index in [9.17, 15) is 33.9 Å². The number of carboxylic acid groups (broad SMARTS) is 2. The van der Waals surface area contributed by atoms with Crippen molar-refractivity contribution in [3.8, 4) is 0 Å². The number of nitrogens with one attached hydrogen (secondary N) is 2. The molecule has 30 heavy (non-hydrogen) atoms. The Hall–Kier alpha value is -3.22. The van der Waals surface area contributed by atoms with Gasteiger partial charge in [0.15, 0.2) is 0 Å². The number of carbonyl (C=O) groups excluding carboxylic acids is 4. The molecular formula is C17H27N5O8. The third kappa shape index (κ3) is 7.66. The maximum atomic E-state index is 12.9. The number of hydrogen-bond donors (Lipinski definition) is 6. The molecule has 1 saturated heterocycles. The molecule has 0 spiro atoms. The predicted octanol–water partition coefficient (Wildman–Crippen LogP) is -2.88. The van der Waals surface area contributed by atoms with Gasteiger partial charge >= 0.3 is 11.9 Å². The monoisotopic (exact) mass is 429 g/mol. The highest BCUT2D eigenvalue weighted by Gasteiger charge is 2.38. The molecule has 1 fully saturated rings. The van der Waals surface area contributed by atoms with Gasteiger partial charge in [0.05, 0.1) is 6.54 Å². The lowest BCUT2D eigenvalue weighted by Gasteiger charge is -2.28. The molecule has 168 valence electrons. The second-order valence-electron chi connectivity index (χ2n) is 6.85. The minimum absolute atomic E-state index is 0.172. The number of primary amides is 1. The third-order valence-corrected chi connectivity index (χ3v) is 4.60. The molecule has 13 nitrogen and oxygen atoms in total. The Kier molecular flexibility index (Phi) is 9.68. The van der Waals surface area contributed by atoms with Gasteiger partial charge in [0.2, 0.25) is 23.6 Å². The molecule has 3 atom stereocenters. The molecule has 0 aromatic heterocycles. The van der Waals surface area contributed by atoms with Gasteiger partial charge in [-0.1, -0.05) is 0 Å². The van der Waals surface area contributed by atoms with Gasteiger partial charge in [-0.2, -0.15) is 0 Å². The van der Waals surface area contributed by atoms with Crippen molar-refractivity contribution in [1.29, 1.82) is 0 Å². The van der Waals surface area contributed by atoms with Gasteiger partial charge < -0.3 is 37.2 Å². The molecule has 8 N–H and O–H groups in total. The summed E-state index contributed by atoms with van der Waals surface area (Å²) in [7, 11) is 0. The second kappa shape index (κ2) is 11.7. The quantitative estimate of drug-likeness (QED) is 0.187. The van der Waals surface area contributed by atoms with Gasteiger partial charge in [0.1, 0.15) is 18.1 Å². The van der Waals surface area contributed by atoms with Crippen molar-refractivity contribution in [2.75, 3.05) is 13.1 Å². The van der Waals surface area contributed by atoms with Crippen LogP contribution in [0.5, 0.6) is 0 Å². The van der Waals surface area contributed by atoms with Crippen LogP contribution in [0.15, 0.2) is 0 Å². The van der Waals surface area contributed by atoms with E-state index in [1.54, 1.807) is 0 Å². The lowest BCUT2D eigenvalue weighted by atomic mass is 10.1. The van der Waals surface area contributed by atoms with Gasteiger partial charge in [-0.15, -0.1) is 0 Å². The molecule has 0 aromatic rings. The summed E-state index contributed by atoms with van der Waals surface area (Å²) in [6.45, 7) is -0.264. The molecule has 1 rings (SSSR count). The van der Waals surface area contributed by atoms with E-state index in [2.05, 4.69) is 10.6 Å². The largest absolute Gasteiger partial charge is 0.481 e. The number of aliphatic carboxylic acids is 2. The average Bonchev–Trinajstić information content (AvgIpc) is 3.17. The number of nitrogens with two attached hydrogens (primary N) is 2. The maximum Gasteiger partial charge on any atom is 0.326 e. The second-order valence-corrected chi connectivity index (χ2v) is 6.85. The summed E-state index contributed by atoms with van der Waals surface area (Å²) in [5, 5.41) is 22.8. The Balaban J connectivity index is 2.98. The van der Waals surface area contributed by atoms with Crippen LogP contribution in [0.4, 0.5) is 0 Å². The van der Waals surface area contributed by atoms with Crippen LogP contribution < -0.4 is 22.1 Å². The van der Waals surface area contributed by atoms with E-state index in [4.69, 9.17) is 16.6 Å². The first kappa shape index (κ1) is 24.8. The fourth-order valence-corrected chi connectivity index (χ4v) is 3.09. The smallest absolute Gasteiger partial charge is 0.326 e. The van der Waals surface area contributed by atoms with Crippen molar-refractivity contribution in [3.05, 3.63) is 0 Å². The van der Waals surface area contributed by atoms with Crippen LogP contribution in [0.1, 0.15) is 38.5 Å². The molecular weight excluding hydrogens is 402 g/mol. The molecule has 0 aliphatic carbocycles. The van der Waals surface area contributed by atoms with E-state index in [1.807, 2.05) is 0 Å². The maximum absolute atomic E-state index is 12.9. The minimum atomic E-state index is -1.28. The number of likely N-dealkylation sites (tertiary alicyclic amines) is 1. The van der Waals surface area contributed by atoms with Gasteiger partial charge in [-0.25, -0.2) is 4.79 Å². The van der Waals surface area contributed by atoms with E-state index in [0.29, 0.717) is 6.42 Å². The number of nitrogens with zero attached hydrogens (tertiary/aromatic N) is 1. The first-order chi connectivity index (χ1) is 14.1. The molecule has 0 saturated carbocycles. The summed E-state index contributed by atoms with van der Waals surface area (Å²) in [4.78, 5) is 71.5. The van der Waals surface area contributed by atoms with Gasteiger partial charge in [0, 0.05) is 19.4 Å². The van der Waals surface area contributed by atoms with Gasteiger partial charge in [-0.05, 0) is 25.7 Å². The Bertz CT molecular complexity index is 698. The average molecular weight is 429 g/mol. The number of amides is 4. The molecule has 0 aromatic carbocycles. The minimum Gasteiger partial charge on any atom is -0.481 e. The topological polar surface area (TPSA) is 222 Å². The Morgan fingerprint density at radius 3 is 2.17 bits per heavy atom. The van der Waals surface area contributed by atoms with Crippen molar-refractivity contribution < 1.29 is 39.0 Å². The standard InChI is InChI=1S/C17H27N5O8/c18-8-13(24)20-9(4-6-14(25)26)15(27)21-10(3-5-12(19)23)16(28)22-7-1-2-11(22)17(29)30/h9-11H,1-8,18H2,(H2,19,23)(H,20,24)(H,21,27)(H,25,26)(H,29,30). The van der Waals surface area contributed by atoms with Gasteiger partial charge in [0.25, 0.3) is 0 Å². The van der Waals surface area contributed by atoms with Crippen LogP contribution in [0.2, 0.25) is 0 Å². The van der Waals surface area contributed by atoms with Crippen molar-refractivity contribution in [2.24, 2.45) is 11.5 Å². The molecule has 0 radical (unpaired) electrons. The highest BCUT2D eigenvalue weighted by molar-refractivity contribution is 5.94. The molecule has 13 heteroatoms. The zero-order valence-electron chi connectivity index (χ0n) is 16.3. The molecule has 4 amide bonds. The van der Waals surface area contributed by atoms with Crippen LogP contribution in [-0.2, 0) is 28.8 Å². The Morgan fingerprint density at radius 1 is 1.00 bits per heavy atom. The first-order valence-electron chi connectivity index (χ1n) is 9.40. The predicted molar refractivity (Wildman–Crippen MR) is 101 cm³/mol. The van der Waals surface area contributed by atoms with E-state index in [-0.39, 0.29) is 32.2 Å². The summed E-state index contributed by atoms with van der Waals surface area (Å²) in [5.41, 5.74) is 10.3. The molecule has 0 bridgehead atoms. The van der Waals surface area contributed by atoms with Crippen molar-refractivity contribution in [3.63, 3.8) is 0 Å². The van der Waals surface area contributed by atoms with E-state index >= 15 is 0 Å². The lowest BCUT2D eigenvalue weighted by Crippen LogP contribution is -2.56. The van der Waals surface area contributed by atoms with E-state index in [0.717, 1.165) is 4.90 Å². The third-order valence-electron chi connectivity index (χ3n) is 4.60. The molecule has 1 aliphatic rings. The summed E-state index contributed by atoms with van der Waals surface area (Å²) in [6.07, 6.45) is -0.407.